The Morgan fingerprint density at radius 3 is 2.54 bits per heavy atom. The average Bonchev–Trinajstić information content (AvgIpc) is 3.44. The number of imidazole rings is 2. The number of nitrogens with zero attached hydrogens (tertiary/aromatic N) is 5. The highest BCUT2D eigenvalue weighted by Crippen LogP contribution is 2.29. The maximum atomic E-state index is 14.5. The van der Waals surface area contributed by atoms with Crippen LogP contribution in [0.5, 0.6) is 0 Å². The van der Waals surface area contributed by atoms with Gasteiger partial charge in [-0.05, 0) is 60.4 Å². The lowest BCUT2D eigenvalue weighted by Crippen LogP contribution is -2.34. The van der Waals surface area contributed by atoms with Gasteiger partial charge in [-0.2, -0.15) is 0 Å². The predicted molar refractivity (Wildman–Crippen MR) is 156 cm³/mol. The monoisotopic (exact) mass is 575 g/mol. The molecule has 0 radical (unpaired) electrons. The van der Waals surface area contributed by atoms with Gasteiger partial charge < -0.3 is 19.0 Å². The fourth-order valence-electron chi connectivity index (χ4n) is 5.39. The molecule has 1 fully saturated rings. The lowest BCUT2D eigenvalue weighted by Gasteiger charge is -2.27. The Kier molecular flexibility index (Phi) is 7.50. The number of hydrogen-bond acceptors (Lipinski definition) is 5. The highest BCUT2D eigenvalue weighted by molar-refractivity contribution is 6.30. The van der Waals surface area contributed by atoms with Crippen LogP contribution in [0.3, 0.4) is 0 Å². The van der Waals surface area contributed by atoms with Gasteiger partial charge in [0.15, 0.2) is 0 Å². The second-order valence-electron chi connectivity index (χ2n) is 10.6. The van der Waals surface area contributed by atoms with Crippen molar-refractivity contribution in [3.05, 3.63) is 93.3 Å². The van der Waals surface area contributed by atoms with Crippen molar-refractivity contribution in [3.63, 3.8) is 0 Å². The van der Waals surface area contributed by atoms with Gasteiger partial charge in [-0.3, -0.25) is 4.90 Å². The normalized spacial score (nSPS) is 14.9. The van der Waals surface area contributed by atoms with Crippen molar-refractivity contribution in [3.8, 4) is 0 Å². The first-order chi connectivity index (χ1) is 19.8. The van der Waals surface area contributed by atoms with E-state index in [1.165, 1.54) is 12.5 Å². The van der Waals surface area contributed by atoms with E-state index in [4.69, 9.17) is 26.3 Å². The number of fused-ring (bicyclic) bond motifs is 4. The molecule has 0 atom stereocenters. The predicted octanol–water partition coefficient (Wildman–Crippen LogP) is 5.74. The molecule has 0 spiro atoms. The fourth-order valence-corrected chi connectivity index (χ4v) is 5.55. The summed E-state index contributed by atoms with van der Waals surface area (Å²) in [6, 6.07) is 13.9. The van der Waals surface area contributed by atoms with Gasteiger partial charge in [-0.15, -0.1) is 0 Å². The Morgan fingerprint density at radius 1 is 1.07 bits per heavy atom. The van der Waals surface area contributed by atoms with E-state index in [0.717, 1.165) is 71.1 Å². The highest BCUT2D eigenvalue weighted by atomic mass is 35.5. The number of aryl methyl sites for hydroxylation is 2. The van der Waals surface area contributed by atoms with Crippen LogP contribution in [0, 0.1) is 12.7 Å². The zero-order valence-electron chi connectivity index (χ0n) is 23.0. The molecule has 41 heavy (non-hydrogen) atoms. The Balaban J connectivity index is 0.000000697. The first-order valence-corrected chi connectivity index (χ1v) is 14.1. The van der Waals surface area contributed by atoms with Gasteiger partial charge in [0.05, 0.1) is 40.7 Å². The molecular formula is C31H31ClFN5O3. The number of carboxylic acids is 1. The number of carboxylic acid groups (broad SMARTS) is 1. The van der Waals surface area contributed by atoms with Gasteiger partial charge in [-0.25, -0.2) is 19.2 Å². The third-order valence-corrected chi connectivity index (χ3v) is 8.06. The summed E-state index contributed by atoms with van der Waals surface area (Å²) in [7, 11) is 1.92. The number of aromatic carboxylic acids is 1. The standard InChI is InChI=1S/C28H25ClFN5O2.C3H6O/c1-16-3-4-18(11-17-5-7-20(29)13-21(17)30)26-27(16)35-10-9-34(15-25(35)32-26)14-24-31-22-8-6-19(28(36)37)12-23(22)33(24)2;1-2-4-3-1/h3-8,12-13H,9-11,14-15H2,1-2H3,(H,36,37);1-3H2. The summed E-state index contributed by atoms with van der Waals surface area (Å²) < 4.78 is 23.5. The van der Waals surface area contributed by atoms with E-state index >= 15 is 0 Å². The number of aromatic nitrogens is 4. The number of hydrogen-bond donors (Lipinski definition) is 1. The Hall–Kier alpha value is -3.79. The zero-order chi connectivity index (χ0) is 28.7. The first kappa shape index (κ1) is 27.4. The molecule has 1 N–H and O–H groups in total. The van der Waals surface area contributed by atoms with E-state index in [1.54, 1.807) is 30.3 Å². The molecule has 212 valence electrons. The fraction of sp³-hybridized carbons (Fsp3) is 0.323. The molecule has 5 aromatic rings. The minimum atomic E-state index is -0.951. The Morgan fingerprint density at radius 2 is 1.83 bits per heavy atom. The number of carbonyl (C=O) groups is 1. The van der Waals surface area contributed by atoms with Gasteiger partial charge in [0.25, 0.3) is 0 Å². The molecule has 2 aliphatic heterocycles. The maximum Gasteiger partial charge on any atom is 0.335 e. The maximum absolute atomic E-state index is 14.5. The van der Waals surface area contributed by atoms with Crippen molar-refractivity contribution >= 4 is 39.6 Å². The molecule has 2 aliphatic rings. The topological polar surface area (TPSA) is 85.4 Å². The van der Waals surface area contributed by atoms with Crippen LogP contribution in [0.15, 0.2) is 48.5 Å². The smallest absolute Gasteiger partial charge is 0.335 e. The Labute approximate surface area is 241 Å². The molecule has 0 saturated carbocycles. The minimum Gasteiger partial charge on any atom is -0.478 e. The number of rotatable bonds is 5. The number of halogens is 2. The van der Waals surface area contributed by atoms with Gasteiger partial charge in [0, 0.05) is 44.8 Å². The van der Waals surface area contributed by atoms with Crippen molar-refractivity contribution in [1.29, 1.82) is 0 Å². The molecule has 0 bridgehead atoms. The van der Waals surface area contributed by atoms with Crippen LogP contribution < -0.4 is 0 Å². The highest BCUT2D eigenvalue weighted by Gasteiger charge is 2.24. The van der Waals surface area contributed by atoms with Crippen molar-refractivity contribution < 1.29 is 19.0 Å². The summed E-state index contributed by atoms with van der Waals surface area (Å²) in [5, 5.41) is 9.72. The lowest BCUT2D eigenvalue weighted by molar-refractivity contribution is 0.0367. The van der Waals surface area contributed by atoms with E-state index in [2.05, 4.69) is 22.5 Å². The van der Waals surface area contributed by atoms with Crippen molar-refractivity contribution in [2.75, 3.05) is 19.8 Å². The quantitative estimate of drug-likeness (QED) is 0.288. The minimum absolute atomic E-state index is 0.249. The van der Waals surface area contributed by atoms with E-state index in [-0.39, 0.29) is 11.4 Å². The average molecular weight is 576 g/mol. The van der Waals surface area contributed by atoms with Crippen LogP contribution in [0.4, 0.5) is 4.39 Å². The summed E-state index contributed by atoms with van der Waals surface area (Å²) in [5.74, 6) is 0.583. The van der Waals surface area contributed by atoms with E-state index in [9.17, 15) is 14.3 Å². The molecular weight excluding hydrogens is 545 g/mol. The zero-order valence-corrected chi connectivity index (χ0v) is 23.8. The van der Waals surface area contributed by atoms with Crippen molar-refractivity contribution in [1.82, 2.24) is 24.0 Å². The molecule has 0 aliphatic carbocycles. The lowest BCUT2D eigenvalue weighted by atomic mass is 10.0. The summed E-state index contributed by atoms with van der Waals surface area (Å²) >= 11 is 5.94. The summed E-state index contributed by atoms with van der Waals surface area (Å²) in [4.78, 5) is 23.5. The molecule has 0 unspecified atom stereocenters. The number of ether oxygens (including phenoxy) is 1. The number of benzene rings is 3. The Bertz CT molecular complexity index is 1770. The molecule has 2 aromatic heterocycles. The first-order valence-electron chi connectivity index (χ1n) is 13.7. The molecule has 0 amide bonds. The van der Waals surface area contributed by atoms with Crippen LogP contribution in [-0.2, 0) is 37.8 Å². The van der Waals surface area contributed by atoms with E-state index in [0.29, 0.717) is 30.1 Å². The largest absolute Gasteiger partial charge is 0.478 e. The summed E-state index contributed by atoms with van der Waals surface area (Å²) in [5.41, 5.74) is 6.57. The molecule has 3 aromatic carbocycles. The van der Waals surface area contributed by atoms with Crippen LogP contribution in [0.2, 0.25) is 5.02 Å². The molecule has 7 rings (SSSR count). The molecule has 1 saturated heterocycles. The third kappa shape index (κ3) is 5.45. The SMILES string of the molecule is C1COC1.Cc1ccc(Cc2ccc(Cl)cc2F)c2nc3n(c12)CCN(Cc1nc2ccc(C(=O)O)cc2n1C)C3. The summed E-state index contributed by atoms with van der Waals surface area (Å²) in [6.45, 7) is 6.99. The van der Waals surface area contributed by atoms with Gasteiger partial charge in [0.1, 0.15) is 17.5 Å². The van der Waals surface area contributed by atoms with Crippen molar-refractivity contribution in [2.24, 2.45) is 7.05 Å². The summed E-state index contributed by atoms with van der Waals surface area (Å²) in [6.07, 6.45) is 1.72. The third-order valence-electron chi connectivity index (χ3n) is 7.82. The molecule has 4 heterocycles. The molecule has 8 nitrogen and oxygen atoms in total. The van der Waals surface area contributed by atoms with E-state index < -0.39 is 5.97 Å². The second-order valence-corrected chi connectivity index (χ2v) is 11.0. The van der Waals surface area contributed by atoms with Gasteiger partial charge in [-0.1, -0.05) is 29.8 Å². The van der Waals surface area contributed by atoms with Crippen LogP contribution in [0.25, 0.3) is 22.1 Å². The van der Waals surface area contributed by atoms with Crippen LogP contribution >= 0.6 is 11.6 Å². The van der Waals surface area contributed by atoms with E-state index in [1.807, 2.05) is 17.7 Å². The second kappa shape index (κ2) is 11.2. The van der Waals surface area contributed by atoms with Crippen LogP contribution in [0.1, 0.15) is 45.1 Å². The van der Waals surface area contributed by atoms with Crippen LogP contribution in [-0.4, -0.2) is 54.8 Å². The molecule has 10 heteroatoms. The van der Waals surface area contributed by atoms with Gasteiger partial charge >= 0.3 is 5.97 Å². The van der Waals surface area contributed by atoms with Gasteiger partial charge in [0.2, 0.25) is 0 Å². The van der Waals surface area contributed by atoms with Crippen molar-refractivity contribution in [2.45, 2.75) is 39.4 Å².